The molecule has 0 aliphatic carbocycles. The molecule has 0 amide bonds. The molecule has 1 aliphatic rings. The molecular weight excluding hydrogens is 530 g/mol. The highest BCUT2D eigenvalue weighted by Crippen LogP contribution is 2.41. The fraction of sp³-hybridized carbons (Fsp3) is 0.241. The zero-order valence-corrected chi connectivity index (χ0v) is 22.9. The van der Waals surface area contributed by atoms with Crippen LogP contribution in [0.15, 0.2) is 89.5 Å². The second kappa shape index (κ2) is 10.8. The molecule has 1 saturated heterocycles. The first kappa shape index (κ1) is 24.5. The number of hydrogen-bond acceptors (Lipinski definition) is 3. The zero-order chi connectivity index (χ0) is 25.1. The Morgan fingerprint density at radius 2 is 1.75 bits per heavy atom. The summed E-state index contributed by atoms with van der Waals surface area (Å²) in [6.45, 7) is 6.10. The molecule has 1 aliphatic heterocycles. The number of rotatable bonds is 8. The van der Waals surface area contributed by atoms with E-state index in [2.05, 4.69) is 111 Å². The number of thiocarbonyl (C=S) groups is 1. The number of hydrogen-bond donors (Lipinski definition) is 2. The SMILES string of the molecule is Cc1cc([C@H]2[C@@H](c3ccccn3)NC(=S)N2CCCNc2ccccc2)c(C)n1-c1ccc(Br)cc1. The smallest absolute Gasteiger partial charge is 0.170 e. The number of benzene rings is 2. The average Bonchev–Trinajstić information content (AvgIpc) is 3.38. The van der Waals surface area contributed by atoms with Crippen molar-refractivity contribution in [3.63, 3.8) is 0 Å². The lowest BCUT2D eigenvalue weighted by Gasteiger charge is -2.28. The number of anilines is 1. The highest BCUT2D eigenvalue weighted by Gasteiger charge is 2.41. The molecule has 1 fully saturated rings. The van der Waals surface area contributed by atoms with Gasteiger partial charge in [0.25, 0.3) is 0 Å². The van der Waals surface area contributed by atoms with Gasteiger partial charge in [-0.15, -0.1) is 0 Å². The number of nitrogens with one attached hydrogen (secondary N) is 2. The summed E-state index contributed by atoms with van der Waals surface area (Å²) in [5.41, 5.74) is 6.99. The first-order chi connectivity index (χ1) is 17.5. The first-order valence-electron chi connectivity index (χ1n) is 12.2. The van der Waals surface area contributed by atoms with Crippen LogP contribution in [0.1, 0.15) is 41.1 Å². The molecule has 7 heteroatoms. The van der Waals surface area contributed by atoms with E-state index in [1.165, 1.54) is 17.0 Å². The van der Waals surface area contributed by atoms with Crippen molar-refractivity contribution >= 4 is 38.9 Å². The van der Waals surface area contributed by atoms with Crippen LogP contribution in [0.3, 0.4) is 0 Å². The Balaban J connectivity index is 1.45. The van der Waals surface area contributed by atoms with E-state index in [9.17, 15) is 0 Å². The average molecular weight is 561 g/mol. The molecule has 184 valence electrons. The number of aromatic nitrogens is 2. The summed E-state index contributed by atoms with van der Waals surface area (Å²) in [6.07, 6.45) is 2.82. The minimum Gasteiger partial charge on any atom is -0.385 e. The summed E-state index contributed by atoms with van der Waals surface area (Å²) in [5, 5.41) is 7.89. The van der Waals surface area contributed by atoms with Crippen molar-refractivity contribution in [1.29, 1.82) is 0 Å². The van der Waals surface area contributed by atoms with Crippen molar-refractivity contribution < 1.29 is 0 Å². The summed E-state index contributed by atoms with van der Waals surface area (Å²) in [5.74, 6) is 0. The van der Waals surface area contributed by atoms with Gasteiger partial charge in [-0.05, 0) is 92.6 Å². The fourth-order valence-corrected chi connectivity index (χ4v) is 5.69. The standard InChI is InChI=1S/C29H30BrN5S/c1-20-19-25(21(2)35(20)24-14-12-22(30)13-15-24)28-27(26-11-6-7-16-32-26)33-29(36)34(28)18-8-17-31-23-9-4-3-5-10-23/h3-7,9-16,19,27-28,31H,8,17-18H2,1-2H3,(H,33,36)/t27-,28+/m1/s1. The van der Waals surface area contributed by atoms with Crippen LogP contribution in [0.5, 0.6) is 0 Å². The van der Waals surface area contributed by atoms with Crippen LogP contribution in [-0.4, -0.2) is 32.7 Å². The van der Waals surface area contributed by atoms with Crippen LogP contribution < -0.4 is 10.6 Å². The van der Waals surface area contributed by atoms with Crippen molar-refractivity contribution in [3.05, 3.63) is 112 Å². The third-order valence-electron chi connectivity index (χ3n) is 6.75. The van der Waals surface area contributed by atoms with E-state index in [4.69, 9.17) is 17.2 Å². The van der Waals surface area contributed by atoms with Gasteiger partial charge >= 0.3 is 0 Å². The molecule has 2 N–H and O–H groups in total. The van der Waals surface area contributed by atoms with Gasteiger partial charge in [0.15, 0.2) is 5.11 Å². The lowest BCUT2D eigenvalue weighted by atomic mass is 9.96. The van der Waals surface area contributed by atoms with Crippen LogP contribution in [0, 0.1) is 13.8 Å². The largest absolute Gasteiger partial charge is 0.385 e. The van der Waals surface area contributed by atoms with E-state index in [0.717, 1.165) is 46.2 Å². The minimum atomic E-state index is -0.0142. The monoisotopic (exact) mass is 559 g/mol. The fourth-order valence-electron chi connectivity index (χ4n) is 5.10. The van der Waals surface area contributed by atoms with E-state index in [1.54, 1.807) is 0 Å². The highest BCUT2D eigenvalue weighted by atomic mass is 79.9. The van der Waals surface area contributed by atoms with Gasteiger partial charge in [0, 0.05) is 46.5 Å². The van der Waals surface area contributed by atoms with Crippen molar-refractivity contribution in [3.8, 4) is 5.69 Å². The van der Waals surface area contributed by atoms with E-state index in [0.29, 0.717) is 0 Å². The molecule has 3 heterocycles. The van der Waals surface area contributed by atoms with Crippen molar-refractivity contribution in [2.24, 2.45) is 0 Å². The van der Waals surface area contributed by atoms with Gasteiger partial charge in [0.05, 0.1) is 17.8 Å². The Bertz CT molecular complexity index is 1320. The number of nitrogens with zero attached hydrogens (tertiary/aromatic N) is 3. The maximum absolute atomic E-state index is 5.88. The Morgan fingerprint density at radius 1 is 1.00 bits per heavy atom. The van der Waals surface area contributed by atoms with Gasteiger partial charge in [-0.2, -0.15) is 0 Å². The van der Waals surface area contributed by atoms with Crippen molar-refractivity contribution in [1.82, 2.24) is 19.8 Å². The van der Waals surface area contributed by atoms with Gasteiger partial charge in [-0.3, -0.25) is 4.98 Å². The third-order valence-corrected chi connectivity index (χ3v) is 7.63. The molecule has 0 radical (unpaired) electrons. The highest BCUT2D eigenvalue weighted by molar-refractivity contribution is 9.10. The van der Waals surface area contributed by atoms with Crippen LogP contribution in [0.25, 0.3) is 5.69 Å². The number of halogens is 1. The van der Waals surface area contributed by atoms with Crippen LogP contribution in [0.4, 0.5) is 5.69 Å². The van der Waals surface area contributed by atoms with Gasteiger partial charge < -0.3 is 20.1 Å². The predicted molar refractivity (Wildman–Crippen MR) is 155 cm³/mol. The number of aryl methyl sites for hydroxylation is 1. The lowest BCUT2D eigenvalue weighted by molar-refractivity contribution is 0.315. The molecule has 2 aromatic carbocycles. The van der Waals surface area contributed by atoms with E-state index in [-0.39, 0.29) is 12.1 Å². The molecule has 4 aromatic rings. The van der Waals surface area contributed by atoms with Crippen molar-refractivity contribution in [2.45, 2.75) is 32.4 Å². The molecular formula is C29H30BrN5S. The Hall–Kier alpha value is -3.16. The molecule has 0 bridgehead atoms. The summed E-state index contributed by atoms with van der Waals surface area (Å²) in [7, 11) is 0. The van der Waals surface area contributed by atoms with E-state index >= 15 is 0 Å². The van der Waals surface area contributed by atoms with Gasteiger partial charge in [-0.1, -0.05) is 40.2 Å². The van der Waals surface area contributed by atoms with Gasteiger partial charge in [-0.25, -0.2) is 0 Å². The topological polar surface area (TPSA) is 45.1 Å². The number of para-hydroxylation sites is 1. The zero-order valence-electron chi connectivity index (χ0n) is 20.5. The Labute approximate surface area is 226 Å². The second-order valence-electron chi connectivity index (χ2n) is 9.10. The predicted octanol–water partition coefficient (Wildman–Crippen LogP) is 6.73. The second-order valence-corrected chi connectivity index (χ2v) is 10.4. The van der Waals surface area contributed by atoms with Gasteiger partial charge in [0.2, 0.25) is 0 Å². The molecule has 5 nitrogen and oxygen atoms in total. The first-order valence-corrected chi connectivity index (χ1v) is 13.4. The van der Waals surface area contributed by atoms with Crippen LogP contribution >= 0.6 is 28.1 Å². The molecule has 0 spiro atoms. The number of pyridine rings is 1. The molecule has 0 saturated carbocycles. The maximum atomic E-state index is 5.88. The Morgan fingerprint density at radius 3 is 2.47 bits per heavy atom. The molecule has 2 aromatic heterocycles. The van der Waals surface area contributed by atoms with E-state index < -0.39 is 0 Å². The van der Waals surface area contributed by atoms with Crippen molar-refractivity contribution in [2.75, 3.05) is 18.4 Å². The molecule has 0 unspecified atom stereocenters. The van der Waals surface area contributed by atoms with Crippen LogP contribution in [0.2, 0.25) is 0 Å². The van der Waals surface area contributed by atoms with E-state index in [1.807, 2.05) is 24.4 Å². The minimum absolute atomic E-state index is 0.0142. The quantitative estimate of drug-likeness (QED) is 0.185. The maximum Gasteiger partial charge on any atom is 0.170 e. The lowest BCUT2D eigenvalue weighted by Crippen LogP contribution is -2.31. The third kappa shape index (κ3) is 5.04. The summed E-state index contributed by atoms with van der Waals surface area (Å²) < 4.78 is 3.40. The van der Waals surface area contributed by atoms with Crippen LogP contribution in [-0.2, 0) is 0 Å². The summed E-state index contributed by atoms with van der Waals surface area (Å²) in [6, 6.07) is 27.2. The normalized spacial score (nSPS) is 17.3. The molecule has 36 heavy (non-hydrogen) atoms. The summed E-state index contributed by atoms with van der Waals surface area (Å²) in [4.78, 5) is 7.04. The molecule has 5 rings (SSSR count). The van der Waals surface area contributed by atoms with Gasteiger partial charge in [0.1, 0.15) is 0 Å². The Kier molecular flexibility index (Phi) is 7.39. The summed E-state index contributed by atoms with van der Waals surface area (Å²) >= 11 is 9.44. The molecule has 2 atom stereocenters.